The lowest BCUT2D eigenvalue weighted by Crippen LogP contribution is -2.44. The van der Waals surface area contributed by atoms with Gasteiger partial charge >= 0.3 is 18.2 Å². The summed E-state index contributed by atoms with van der Waals surface area (Å²) in [5, 5.41) is 4.36. The van der Waals surface area contributed by atoms with E-state index >= 15 is 0 Å². The number of rotatable bonds is 6. The predicted molar refractivity (Wildman–Crippen MR) is 251 cm³/mol. The van der Waals surface area contributed by atoms with Crippen molar-refractivity contribution in [3.8, 4) is 0 Å². The Balaban J connectivity index is 0.000000252. The largest absolute Gasteiger partial charge is 0.456 e. The highest BCUT2D eigenvalue weighted by Crippen LogP contribution is 2.33. The van der Waals surface area contributed by atoms with Gasteiger partial charge in [0.25, 0.3) is 0 Å². The van der Waals surface area contributed by atoms with Gasteiger partial charge in [-0.2, -0.15) is 27.0 Å². The van der Waals surface area contributed by atoms with E-state index in [0.717, 1.165) is 51.2 Å². The number of esters is 1. The fourth-order valence-corrected chi connectivity index (χ4v) is 7.91. The number of Topliss-reactive ketones (excluding diaryl/α,β-unsaturated/α-hetero) is 1. The first-order chi connectivity index (χ1) is 26.9. The first kappa shape index (κ1) is 47.8. The number of halogens is 2. The van der Waals surface area contributed by atoms with Crippen LogP contribution in [-0.4, -0.2) is 82.4 Å². The molecule has 2 fully saturated rings. The molecule has 4 aromatic carbocycles. The second kappa shape index (κ2) is 20.1. The third-order valence-corrected chi connectivity index (χ3v) is 10.8. The van der Waals surface area contributed by atoms with Crippen LogP contribution in [0.2, 0.25) is 0 Å². The molecule has 3 aliphatic heterocycles. The third kappa shape index (κ3) is 12.6. The highest BCUT2D eigenvalue weighted by molar-refractivity contribution is 9.10. The summed E-state index contributed by atoms with van der Waals surface area (Å²) in [6.07, 6.45) is 5.09. The fourth-order valence-electron chi connectivity index (χ4n) is 7.15. The maximum atomic E-state index is 12.6. The number of aliphatic imine (C=N–C) groups is 1. The van der Waals surface area contributed by atoms with Crippen molar-refractivity contribution in [2.45, 2.75) is 96.9 Å². The van der Waals surface area contributed by atoms with Gasteiger partial charge in [-0.05, 0) is 136 Å². The van der Waals surface area contributed by atoms with Gasteiger partial charge in [0.15, 0.2) is 12.4 Å². The topological polar surface area (TPSA) is 115 Å². The van der Waals surface area contributed by atoms with Crippen LogP contribution in [0.25, 0.3) is 27.1 Å². The summed E-state index contributed by atoms with van der Waals surface area (Å²) < 4.78 is 18.2. The van der Waals surface area contributed by atoms with Crippen molar-refractivity contribution in [3.63, 3.8) is 0 Å². The first-order valence-electron chi connectivity index (χ1n) is 19.3. The van der Waals surface area contributed by atoms with Crippen LogP contribution in [0.3, 0.4) is 0 Å². The molecule has 10 nitrogen and oxygen atoms in total. The Morgan fingerprint density at radius 3 is 1.85 bits per heavy atom. The van der Waals surface area contributed by atoms with Gasteiger partial charge < -0.3 is 14.2 Å². The zero-order valence-corrected chi connectivity index (χ0v) is 39.4. The van der Waals surface area contributed by atoms with Gasteiger partial charge in [0.05, 0.1) is 6.04 Å². The summed E-state index contributed by atoms with van der Waals surface area (Å²) in [5.41, 5.74) is 2.81. The quantitative estimate of drug-likeness (QED) is 0.107. The molecule has 59 heavy (non-hydrogen) atoms. The maximum absolute atomic E-state index is 12.6. The minimum Gasteiger partial charge on any atom is -0.456 e. The van der Waals surface area contributed by atoms with Crippen molar-refractivity contribution >= 4 is 116 Å². The van der Waals surface area contributed by atoms with E-state index in [2.05, 4.69) is 68.3 Å². The van der Waals surface area contributed by atoms with Gasteiger partial charge in [-0.3, -0.25) is 19.6 Å². The Hall–Kier alpha value is -3.85. The minimum absolute atomic E-state index is 0. The Morgan fingerprint density at radius 1 is 0.695 bits per heavy atom. The summed E-state index contributed by atoms with van der Waals surface area (Å²) in [7, 11) is 0. The van der Waals surface area contributed by atoms with E-state index in [4.69, 9.17) is 19.2 Å². The number of likely N-dealkylation sites (tertiary alicyclic amines) is 2. The molecule has 316 valence electrons. The lowest BCUT2D eigenvalue weighted by atomic mass is 9.97. The van der Waals surface area contributed by atoms with Gasteiger partial charge in [0.1, 0.15) is 17.2 Å². The number of ether oxygens (including phenoxy) is 3. The standard InChI is InChI=1S/C23H25BrN2O2.C22H24BrNO5.2H2S/c1-23(2,3)28-22(27)26-10-4-5-21(26)20-13-18(14-25-20)16-6-7-17-12-19(24)9-8-15(17)11-16;1-22(2,3)29-21(27)24-10-4-5-18(24)20(26)28-13-19(25)16-7-6-15-12-17(23)9-8-14(15)11-16;;/h6-9,11-12,14,21H,4-5,10,13H2,1-3H3;6-9,11-12,18H,4-5,10,13H2,1-3H3;2*1H2/t21-;18-;;/m00../s1. The van der Waals surface area contributed by atoms with E-state index < -0.39 is 29.3 Å². The molecule has 4 aromatic rings. The molecule has 0 saturated carbocycles. The minimum atomic E-state index is -0.716. The molecule has 3 aliphatic rings. The number of carbonyl (C=O) groups excluding carboxylic acids is 4. The second-order valence-electron chi connectivity index (χ2n) is 16.6. The second-order valence-corrected chi connectivity index (χ2v) is 18.4. The molecular weight excluding hydrogens is 918 g/mol. The number of allylic oxidation sites excluding steroid dienone is 1. The number of fused-ring (bicyclic) bond motifs is 2. The van der Waals surface area contributed by atoms with Crippen molar-refractivity contribution in [2.24, 2.45) is 4.99 Å². The maximum Gasteiger partial charge on any atom is 0.411 e. The van der Waals surface area contributed by atoms with Crippen LogP contribution in [0.1, 0.15) is 89.6 Å². The summed E-state index contributed by atoms with van der Waals surface area (Å²) in [6, 6.07) is 23.3. The number of hydrogen-bond acceptors (Lipinski definition) is 8. The molecule has 2 saturated heterocycles. The Bertz CT molecular complexity index is 2270. The third-order valence-electron chi connectivity index (χ3n) is 9.82. The number of hydrogen-bond donors (Lipinski definition) is 0. The monoisotopic (exact) mass is 969 g/mol. The van der Waals surface area contributed by atoms with E-state index in [-0.39, 0.29) is 51.5 Å². The molecule has 0 spiro atoms. The van der Waals surface area contributed by atoms with Crippen molar-refractivity contribution in [2.75, 3.05) is 19.7 Å². The summed E-state index contributed by atoms with van der Waals surface area (Å²) in [4.78, 5) is 57.8. The predicted octanol–water partition coefficient (Wildman–Crippen LogP) is 11.1. The number of carbonyl (C=O) groups is 4. The number of nitrogens with zero attached hydrogens (tertiary/aromatic N) is 3. The molecule has 3 heterocycles. The molecule has 0 N–H and O–H groups in total. The molecule has 2 amide bonds. The van der Waals surface area contributed by atoms with Gasteiger partial charge in [0, 0.05) is 45.9 Å². The molecule has 14 heteroatoms. The lowest BCUT2D eigenvalue weighted by Gasteiger charge is -2.28. The summed E-state index contributed by atoms with van der Waals surface area (Å²) >= 11 is 6.95. The van der Waals surface area contributed by atoms with Crippen LogP contribution in [0, 0.1) is 0 Å². The van der Waals surface area contributed by atoms with Crippen LogP contribution in [0.15, 0.2) is 92.9 Å². The average Bonchev–Trinajstić information content (AvgIpc) is 3.94. The highest BCUT2D eigenvalue weighted by Gasteiger charge is 2.38. The Morgan fingerprint density at radius 2 is 1.22 bits per heavy atom. The van der Waals surface area contributed by atoms with Crippen molar-refractivity contribution in [1.29, 1.82) is 0 Å². The van der Waals surface area contributed by atoms with E-state index in [0.29, 0.717) is 24.9 Å². The van der Waals surface area contributed by atoms with Crippen molar-refractivity contribution in [1.82, 2.24) is 9.80 Å². The van der Waals surface area contributed by atoms with E-state index in [1.54, 1.807) is 32.9 Å². The van der Waals surface area contributed by atoms with Crippen LogP contribution in [0.5, 0.6) is 0 Å². The van der Waals surface area contributed by atoms with Gasteiger partial charge in [-0.25, -0.2) is 14.4 Å². The van der Waals surface area contributed by atoms with Gasteiger partial charge in [0.2, 0.25) is 0 Å². The normalized spacial score (nSPS) is 17.6. The average molecular weight is 972 g/mol. The zero-order chi connectivity index (χ0) is 41.1. The van der Waals surface area contributed by atoms with Crippen molar-refractivity contribution in [3.05, 3.63) is 99.1 Å². The number of amides is 2. The molecule has 7 rings (SSSR count). The molecule has 0 radical (unpaired) electrons. The molecular formula is C45H53Br2N3O7S2. The van der Waals surface area contributed by atoms with Crippen LogP contribution in [0.4, 0.5) is 9.59 Å². The fraction of sp³-hybridized carbons (Fsp3) is 0.400. The van der Waals surface area contributed by atoms with Crippen LogP contribution in [-0.2, 0) is 19.0 Å². The lowest BCUT2D eigenvalue weighted by molar-refractivity contribution is -0.147. The van der Waals surface area contributed by atoms with Crippen LogP contribution < -0.4 is 0 Å². The molecule has 0 unspecified atom stereocenters. The number of benzene rings is 4. The SMILES string of the molecule is CC(C)(C)OC(=O)N1CCC[C@H]1C(=O)OCC(=O)c1ccc2cc(Br)ccc2c1.CC(C)(C)OC(=O)N1CCC[C@H]1C1=NC=C(c2ccc3cc(Br)ccc3c2)C1.S.S. The highest BCUT2D eigenvalue weighted by atomic mass is 79.9. The summed E-state index contributed by atoms with van der Waals surface area (Å²) in [6.45, 7) is 11.8. The van der Waals surface area contributed by atoms with Crippen LogP contribution >= 0.6 is 58.9 Å². The molecule has 0 aliphatic carbocycles. The Kier molecular flexibility index (Phi) is 16.3. The zero-order valence-electron chi connectivity index (χ0n) is 34.3. The smallest absolute Gasteiger partial charge is 0.411 e. The van der Waals surface area contributed by atoms with Gasteiger partial charge in [-0.1, -0.05) is 68.3 Å². The first-order valence-corrected chi connectivity index (χ1v) is 20.9. The van der Waals surface area contributed by atoms with E-state index in [1.165, 1.54) is 26.8 Å². The molecule has 0 aromatic heterocycles. The van der Waals surface area contributed by atoms with Crippen molar-refractivity contribution < 1.29 is 33.4 Å². The summed E-state index contributed by atoms with van der Waals surface area (Å²) in [5.74, 6) is -0.864. The number of ketones is 1. The molecule has 2 atom stereocenters. The molecule has 0 bridgehead atoms. The Labute approximate surface area is 377 Å². The van der Waals surface area contributed by atoms with Gasteiger partial charge in [-0.15, -0.1) is 0 Å². The van der Waals surface area contributed by atoms with E-state index in [1.807, 2.05) is 56.1 Å². The van der Waals surface area contributed by atoms with E-state index in [9.17, 15) is 19.2 Å².